The van der Waals surface area contributed by atoms with Gasteiger partial charge >= 0.3 is 0 Å². The molecule has 0 aliphatic heterocycles. The van der Waals surface area contributed by atoms with E-state index < -0.39 is 0 Å². The maximum Gasteiger partial charge on any atom is 0.269 e. The van der Waals surface area contributed by atoms with E-state index in [0.717, 1.165) is 18.7 Å². The molecule has 1 atom stereocenters. The first-order valence-electron chi connectivity index (χ1n) is 6.68. The summed E-state index contributed by atoms with van der Waals surface area (Å²) in [6, 6.07) is 4.04. The van der Waals surface area contributed by atoms with Gasteiger partial charge in [-0.2, -0.15) is 0 Å². The Kier molecular flexibility index (Phi) is 6.29. The molecule has 1 amide bonds. The molecule has 0 saturated heterocycles. The fraction of sp³-hybridized carbons (Fsp3) is 0.571. The van der Waals surface area contributed by atoms with Gasteiger partial charge in [0.25, 0.3) is 5.91 Å². The van der Waals surface area contributed by atoms with Gasteiger partial charge in [-0.15, -0.1) is 0 Å². The normalized spacial score (nSPS) is 12.3. The second-order valence-corrected chi connectivity index (χ2v) is 4.94. The number of hydrogen-bond donors (Lipinski definition) is 2. The number of carbonyl (C=O) groups is 1. The largest absolute Gasteiger partial charge is 0.381 e. The molecule has 19 heavy (non-hydrogen) atoms. The van der Waals surface area contributed by atoms with Crippen molar-refractivity contribution in [1.29, 1.82) is 0 Å². The van der Waals surface area contributed by atoms with E-state index in [1.807, 2.05) is 25.1 Å². The standard InChI is InChI=1S/C14H24N4O/c1-5-11(2)17-12-6-7-13(16-10-12)14(19)15-8-9-18(3)4/h6-7,10-11,17H,5,8-9H2,1-4H3,(H,15,19). The zero-order valence-corrected chi connectivity index (χ0v) is 12.2. The molecule has 1 aromatic heterocycles. The number of hydrogen-bond acceptors (Lipinski definition) is 4. The number of aromatic nitrogens is 1. The summed E-state index contributed by atoms with van der Waals surface area (Å²) < 4.78 is 0. The summed E-state index contributed by atoms with van der Waals surface area (Å²) in [5, 5.41) is 6.15. The molecule has 106 valence electrons. The summed E-state index contributed by atoms with van der Waals surface area (Å²) in [6.07, 6.45) is 2.75. The van der Waals surface area contributed by atoms with Crippen LogP contribution in [0.1, 0.15) is 30.8 Å². The molecule has 1 aromatic rings. The number of amides is 1. The molecule has 0 radical (unpaired) electrons. The summed E-state index contributed by atoms with van der Waals surface area (Å²) in [5.41, 5.74) is 1.40. The summed E-state index contributed by atoms with van der Waals surface area (Å²) in [7, 11) is 3.94. The fourth-order valence-electron chi connectivity index (χ4n) is 1.48. The number of nitrogens with one attached hydrogen (secondary N) is 2. The van der Waals surface area contributed by atoms with E-state index in [9.17, 15) is 4.79 Å². The first-order chi connectivity index (χ1) is 9.02. The lowest BCUT2D eigenvalue weighted by Crippen LogP contribution is -2.31. The summed E-state index contributed by atoms with van der Waals surface area (Å²) in [6.45, 7) is 5.68. The number of rotatable bonds is 7. The second-order valence-electron chi connectivity index (χ2n) is 4.94. The Balaban J connectivity index is 2.48. The zero-order chi connectivity index (χ0) is 14.3. The van der Waals surface area contributed by atoms with Crippen molar-refractivity contribution >= 4 is 11.6 Å². The van der Waals surface area contributed by atoms with Crippen molar-refractivity contribution in [3.8, 4) is 0 Å². The number of carbonyl (C=O) groups excluding carboxylic acids is 1. The van der Waals surface area contributed by atoms with E-state index >= 15 is 0 Å². The van der Waals surface area contributed by atoms with Gasteiger partial charge in [-0.3, -0.25) is 4.79 Å². The van der Waals surface area contributed by atoms with Crippen molar-refractivity contribution < 1.29 is 4.79 Å². The van der Waals surface area contributed by atoms with E-state index in [1.54, 1.807) is 12.3 Å². The van der Waals surface area contributed by atoms with Gasteiger partial charge < -0.3 is 15.5 Å². The molecule has 5 nitrogen and oxygen atoms in total. The molecule has 0 fully saturated rings. The lowest BCUT2D eigenvalue weighted by atomic mass is 10.2. The van der Waals surface area contributed by atoms with E-state index in [2.05, 4.69) is 29.5 Å². The van der Waals surface area contributed by atoms with Crippen LogP contribution in [-0.2, 0) is 0 Å². The van der Waals surface area contributed by atoms with E-state index in [0.29, 0.717) is 18.3 Å². The van der Waals surface area contributed by atoms with Crippen LogP contribution in [0.15, 0.2) is 18.3 Å². The molecule has 0 bridgehead atoms. The van der Waals surface area contributed by atoms with Crippen molar-refractivity contribution in [2.75, 3.05) is 32.5 Å². The van der Waals surface area contributed by atoms with Crippen LogP contribution in [0.2, 0.25) is 0 Å². The van der Waals surface area contributed by atoms with Crippen molar-refractivity contribution in [2.45, 2.75) is 26.3 Å². The Labute approximate surface area is 115 Å². The van der Waals surface area contributed by atoms with E-state index in [1.165, 1.54) is 0 Å². The molecule has 0 spiro atoms. The van der Waals surface area contributed by atoms with Crippen LogP contribution in [0, 0.1) is 0 Å². The quantitative estimate of drug-likeness (QED) is 0.785. The average molecular weight is 264 g/mol. The van der Waals surface area contributed by atoms with Gasteiger partial charge in [0.15, 0.2) is 0 Å². The van der Waals surface area contributed by atoms with Crippen LogP contribution in [0.5, 0.6) is 0 Å². The monoisotopic (exact) mass is 264 g/mol. The van der Waals surface area contributed by atoms with Crippen LogP contribution in [0.25, 0.3) is 0 Å². The molecule has 1 heterocycles. The third kappa shape index (κ3) is 5.70. The predicted molar refractivity (Wildman–Crippen MR) is 78.5 cm³/mol. The predicted octanol–water partition coefficient (Wildman–Crippen LogP) is 1.58. The van der Waals surface area contributed by atoms with Crippen molar-refractivity contribution in [3.05, 3.63) is 24.0 Å². The topological polar surface area (TPSA) is 57.3 Å². The first kappa shape index (κ1) is 15.4. The minimum absolute atomic E-state index is 0.128. The average Bonchev–Trinajstić information content (AvgIpc) is 2.38. The molecule has 0 saturated carbocycles. The Morgan fingerprint density at radius 3 is 2.68 bits per heavy atom. The van der Waals surface area contributed by atoms with Gasteiger partial charge in [0, 0.05) is 19.1 Å². The highest BCUT2D eigenvalue weighted by Gasteiger charge is 2.07. The van der Waals surface area contributed by atoms with Crippen molar-refractivity contribution in [1.82, 2.24) is 15.2 Å². The van der Waals surface area contributed by atoms with Crippen LogP contribution < -0.4 is 10.6 Å². The smallest absolute Gasteiger partial charge is 0.269 e. The summed E-state index contributed by atoms with van der Waals surface area (Å²) in [5.74, 6) is -0.128. The zero-order valence-electron chi connectivity index (χ0n) is 12.2. The van der Waals surface area contributed by atoms with Gasteiger partial charge in [-0.1, -0.05) is 6.92 Å². The highest BCUT2D eigenvalue weighted by atomic mass is 16.1. The van der Waals surface area contributed by atoms with Crippen LogP contribution in [0.4, 0.5) is 5.69 Å². The Hall–Kier alpha value is -1.62. The Morgan fingerprint density at radius 1 is 1.42 bits per heavy atom. The van der Waals surface area contributed by atoms with Gasteiger partial charge in [0.05, 0.1) is 11.9 Å². The number of likely N-dealkylation sites (N-methyl/N-ethyl adjacent to an activating group) is 1. The highest BCUT2D eigenvalue weighted by molar-refractivity contribution is 5.92. The van der Waals surface area contributed by atoms with E-state index in [4.69, 9.17) is 0 Å². The summed E-state index contributed by atoms with van der Waals surface area (Å²) >= 11 is 0. The number of nitrogens with zero attached hydrogens (tertiary/aromatic N) is 2. The molecule has 2 N–H and O–H groups in total. The molecule has 5 heteroatoms. The van der Waals surface area contributed by atoms with Crippen LogP contribution >= 0.6 is 0 Å². The number of pyridine rings is 1. The first-order valence-corrected chi connectivity index (χ1v) is 6.68. The summed E-state index contributed by atoms with van der Waals surface area (Å²) in [4.78, 5) is 18.0. The molecule has 0 aliphatic carbocycles. The van der Waals surface area contributed by atoms with Crippen molar-refractivity contribution in [3.63, 3.8) is 0 Å². The van der Waals surface area contributed by atoms with Gasteiger partial charge in [-0.05, 0) is 39.6 Å². The van der Waals surface area contributed by atoms with Gasteiger partial charge in [0.2, 0.25) is 0 Å². The van der Waals surface area contributed by atoms with Crippen LogP contribution in [-0.4, -0.2) is 49.0 Å². The third-order valence-corrected chi connectivity index (χ3v) is 2.87. The number of anilines is 1. The minimum Gasteiger partial charge on any atom is -0.381 e. The lowest BCUT2D eigenvalue weighted by Gasteiger charge is -2.13. The van der Waals surface area contributed by atoms with Crippen LogP contribution in [0.3, 0.4) is 0 Å². The lowest BCUT2D eigenvalue weighted by molar-refractivity contribution is 0.0946. The van der Waals surface area contributed by atoms with Gasteiger partial charge in [-0.25, -0.2) is 4.98 Å². The Bertz CT molecular complexity index is 389. The van der Waals surface area contributed by atoms with E-state index in [-0.39, 0.29) is 5.91 Å². The SMILES string of the molecule is CCC(C)Nc1ccc(C(=O)NCCN(C)C)nc1. The molecule has 0 aliphatic rings. The highest BCUT2D eigenvalue weighted by Crippen LogP contribution is 2.08. The third-order valence-electron chi connectivity index (χ3n) is 2.87. The van der Waals surface area contributed by atoms with Gasteiger partial charge in [0.1, 0.15) is 5.69 Å². The molecular formula is C14H24N4O. The molecule has 1 unspecified atom stereocenters. The molecular weight excluding hydrogens is 240 g/mol. The Morgan fingerprint density at radius 2 is 2.16 bits per heavy atom. The maximum absolute atomic E-state index is 11.8. The van der Waals surface area contributed by atoms with Crippen molar-refractivity contribution in [2.24, 2.45) is 0 Å². The maximum atomic E-state index is 11.8. The minimum atomic E-state index is -0.128. The fourth-order valence-corrected chi connectivity index (χ4v) is 1.48. The molecule has 0 aromatic carbocycles. The second kappa shape index (κ2) is 7.74. The molecule has 1 rings (SSSR count).